The van der Waals surface area contributed by atoms with E-state index in [0.29, 0.717) is 24.1 Å². The van der Waals surface area contributed by atoms with Crippen LogP contribution >= 0.6 is 0 Å². The molecule has 2 heterocycles. The third-order valence-corrected chi connectivity index (χ3v) is 3.99. The summed E-state index contributed by atoms with van der Waals surface area (Å²) >= 11 is 0. The van der Waals surface area contributed by atoms with Crippen molar-refractivity contribution in [2.45, 2.75) is 39.8 Å². The summed E-state index contributed by atoms with van der Waals surface area (Å²) in [6.45, 7) is 5.03. The fourth-order valence-corrected chi connectivity index (χ4v) is 2.92. The van der Waals surface area contributed by atoms with Gasteiger partial charge in [-0.25, -0.2) is 4.79 Å². The lowest BCUT2D eigenvalue weighted by Crippen LogP contribution is -2.39. The number of rotatable bonds is 5. The molecule has 0 fully saturated rings. The lowest BCUT2D eigenvalue weighted by atomic mass is 10.2. The van der Waals surface area contributed by atoms with E-state index in [2.05, 4.69) is 4.98 Å². The zero-order valence-electron chi connectivity index (χ0n) is 13.5. The van der Waals surface area contributed by atoms with E-state index in [4.69, 9.17) is 0 Å². The van der Waals surface area contributed by atoms with Gasteiger partial charge in [-0.05, 0) is 24.5 Å². The molecule has 2 aromatic heterocycles. The molecular weight excluding hydrogens is 290 g/mol. The van der Waals surface area contributed by atoms with Crippen molar-refractivity contribution < 1.29 is 0 Å². The van der Waals surface area contributed by atoms with E-state index in [0.717, 1.165) is 24.1 Å². The van der Waals surface area contributed by atoms with Crippen LogP contribution in [0.1, 0.15) is 26.7 Å². The average molecular weight is 311 g/mol. The molecule has 0 radical (unpaired) electrons. The van der Waals surface area contributed by atoms with Crippen molar-refractivity contribution in [3.8, 4) is 11.3 Å². The lowest BCUT2D eigenvalue weighted by Gasteiger charge is -2.10. The van der Waals surface area contributed by atoms with E-state index in [1.165, 1.54) is 4.57 Å². The Balaban J connectivity index is 2.32. The molecule has 3 aromatic rings. The Morgan fingerprint density at radius 3 is 2.26 bits per heavy atom. The Morgan fingerprint density at radius 1 is 0.957 bits per heavy atom. The van der Waals surface area contributed by atoms with Gasteiger partial charge in [0.1, 0.15) is 5.52 Å². The van der Waals surface area contributed by atoms with E-state index in [9.17, 15) is 9.59 Å². The minimum atomic E-state index is -0.235. The van der Waals surface area contributed by atoms with E-state index >= 15 is 0 Å². The second-order valence-electron chi connectivity index (χ2n) is 5.70. The maximum Gasteiger partial charge on any atom is 0.331 e. The summed E-state index contributed by atoms with van der Waals surface area (Å²) < 4.78 is 3.04. The van der Waals surface area contributed by atoms with Crippen LogP contribution in [0, 0.1) is 0 Å². The second kappa shape index (κ2) is 6.28. The third kappa shape index (κ3) is 2.63. The number of fused-ring (bicyclic) bond motifs is 1. The van der Waals surface area contributed by atoms with Gasteiger partial charge in [-0.1, -0.05) is 44.2 Å². The number of H-pyrrole nitrogens is 1. The van der Waals surface area contributed by atoms with Crippen molar-refractivity contribution in [1.29, 1.82) is 0 Å². The van der Waals surface area contributed by atoms with E-state index in [-0.39, 0.29) is 11.2 Å². The predicted octanol–water partition coefficient (Wildman–Crippen LogP) is 2.98. The molecule has 0 aliphatic rings. The van der Waals surface area contributed by atoms with Gasteiger partial charge in [0.05, 0.1) is 5.52 Å². The smallest absolute Gasteiger partial charge is 0.331 e. The number of nitrogens with zero attached hydrogens (tertiary/aromatic N) is 2. The molecule has 3 rings (SSSR count). The van der Waals surface area contributed by atoms with Gasteiger partial charge in [-0.2, -0.15) is 0 Å². The summed E-state index contributed by atoms with van der Waals surface area (Å²) in [5.74, 6) is 0. The number of benzene rings is 1. The van der Waals surface area contributed by atoms with Gasteiger partial charge < -0.3 is 4.98 Å². The molecule has 0 unspecified atom stereocenters. The minimum Gasteiger partial charge on any atom is -0.349 e. The normalized spacial score (nSPS) is 11.2. The van der Waals surface area contributed by atoms with Crippen molar-refractivity contribution >= 4 is 11.0 Å². The highest BCUT2D eigenvalue weighted by Crippen LogP contribution is 2.21. The largest absolute Gasteiger partial charge is 0.349 e. The molecule has 0 aliphatic heterocycles. The van der Waals surface area contributed by atoms with Crippen molar-refractivity contribution in [3.63, 3.8) is 0 Å². The first-order chi connectivity index (χ1) is 11.2. The van der Waals surface area contributed by atoms with Crippen LogP contribution in [0.25, 0.3) is 22.3 Å². The summed E-state index contributed by atoms with van der Waals surface area (Å²) in [7, 11) is 0. The Bertz CT molecular complexity index is 933. The fourth-order valence-electron chi connectivity index (χ4n) is 2.92. The molecule has 0 spiro atoms. The van der Waals surface area contributed by atoms with Crippen LogP contribution in [-0.2, 0) is 13.1 Å². The molecule has 1 N–H and O–H groups in total. The van der Waals surface area contributed by atoms with Crippen molar-refractivity contribution in [3.05, 3.63) is 57.2 Å². The Labute approximate surface area is 134 Å². The van der Waals surface area contributed by atoms with Gasteiger partial charge in [0.15, 0.2) is 0 Å². The molecule has 23 heavy (non-hydrogen) atoms. The van der Waals surface area contributed by atoms with Crippen LogP contribution < -0.4 is 11.2 Å². The van der Waals surface area contributed by atoms with Crippen molar-refractivity contribution in [1.82, 2.24) is 14.1 Å². The maximum atomic E-state index is 12.7. The number of hydrogen-bond acceptors (Lipinski definition) is 2. The lowest BCUT2D eigenvalue weighted by molar-refractivity contribution is 0.558. The number of nitrogens with one attached hydrogen (secondary N) is 1. The highest BCUT2D eigenvalue weighted by atomic mass is 16.2. The van der Waals surface area contributed by atoms with Gasteiger partial charge in [-0.15, -0.1) is 0 Å². The van der Waals surface area contributed by atoms with Gasteiger partial charge >= 0.3 is 5.69 Å². The van der Waals surface area contributed by atoms with E-state index in [1.807, 2.05) is 50.2 Å². The van der Waals surface area contributed by atoms with Crippen LogP contribution in [0.5, 0.6) is 0 Å². The quantitative estimate of drug-likeness (QED) is 0.787. The van der Waals surface area contributed by atoms with Gasteiger partial charge in [0.2, 0.25) is 0 Å². The standard InChI is InChI=1S/C18H21N3O2/c1-3-10-20-15-12-14(13-8-6-5-7-9-13)19-16(15)17(22)21(11-4-2)18(20)23/h5-9,12,19H,3-4,10-11H2,1-2H3. The molecule has 0 amide bonds. The molecule has 5 nitrogen and oxygen atoms in total. The summed E-state index contributed by atoms with van der Waals surface area (Å²) in [6, 6.07) is 11.7. The van der Waals surface area contributed by atoms with E-state index in [1.54, 1.807) is 4.57 Å². The van der Waals surface area contributed by atoms with Crippen LogP contribution in [0.3, 0.4) is 0 Å². The zero-order chi connectivity index (χ0) is 16.4. The number of aromatic amines is 1. The van der Waals surface area contributed by atoms with Gasteiger partial charge in [-0.3, -0.25) is 13.9 Å². The van der Waals surface area contributed by atoms with Crippen LogP contribution in [0.4, 0.5) is 0 Å². The number of aromatic nitrogens is 3. The highest BCUT2D eigenvalue weighted by molar-refractivity contribution is 5.82. The summed E-state index contributed by atoms with van der Waals surface area (Å²) in [5, 5.41) is 0. The van der Waals surface area contributed by atoms with Crippen molar-refractivity contribution in [2.75, 3.05) is 0 Å². The fraction of sp³-hybridized carbons (Fsp3) is 0.333. The number of hydrogen-bond donors (Lipinski definition) is 1. The van der Waals surface area contributed by atoms with E-state index < -0.39 is 0 Å². The van der Waals surface area contributed by atoms with Gasteiger partial charge in [0.25, 0.3) is 5.56 Å². The molecule has 5 heteroatoms. The zero-order valence-corrected chi connectivity index (χ0v) is 13.5. The monoisotopic (exact) mass is 311 g/mol. The average Bonchev–Trinajstić information content (AvgIpc) is 3.02. The molecule has 0 bridgehead atoms. The Morgan fingerprint density at radius 2 is 1.61 bits per heavy atom. The molecule has 120 valence electrons. The van der Waals surface area contributed by atoms with Crippen LogP contribution in [0.15, 0.2) is 46.0 Å². The van der Waals surface area contributed by atoms with Crippen molar-refractivity contribution in [2.24, 2.45) is 0 Å². The third-order valence-electron chi connectivity index (χ3n) is 3.99. The maximum absolute atomic E-state index is 12.7. The molecule has 0 aliphatic carbocycles. The molecule has 0 atom stereocenters. The molecule has 0 saturated carbocycles. The Hall–Kier alpha value is -2.56. The SMILES string of the molecule is CCCn1c(=O)c2[nH]c(-c3ccccc3)cc2n(CCC)c1=O. The molecule has 0 saturated heterocycles. The summed E-state index contributed by atoms with van der Waals surface area (Å²) in [4.78, 5) is 28.5. The molecular formula is C18H21N3O2. The Kier molecular flexibility index (Phi) is 4.19. The molecule has 1 aromatic carbocycles. The number of aryl methyl sites for hydroxylation is 1. The topological polar surface area (TPSA) is 59.8 Å². The van der Waals surface area contributed by atoms with Crippen LogP contribution in [0.2, 0.25) is 0 Å². The first-order valence-corrected chi connectivity index (χ1v) is 8.09. The van der Waals surface area contributed by atoms with Gasteiger partial charge in [0, 0.05) is 18.8 Å². The summed E-state index contributed by atoms with van der Waals surface area (Å²) in [6.07, 6.45) is 1.59. The second-order valence-corrected chi connectivity index (χ2v) is 5.70. The van der Waals surface area contributed by atoms with Crippen LogP contribution in [-0.4, -0.2) is 14.1 Å². The first-order valence-electron chi connectivity index (χ1n) is 8.09. The predicted molar refractivity (Wildman–Crippen MR) is 92.8 cm³/mol. The first kappa shape index (κ1) is 15.3. The summed E-state index contributed by atoms with van der Waals surface area (Å²) in [5.41, 5.74) is 2.60. The minimum absolute atomic E-state index is 0.218. The highest BCUT2D eigenvalue weighted by Gasteiger charge is 2.15.